The van der Waals surface area contributed by atoms with Crippen LogP contribution in [0.3, 0.4) is 0 Å². The molecule has 2 aromatic carbocycles. The molecular weight excluding hydrogens is 358 g/mol. The lowest BCUT2D eigenvalue weighted by atomic mass is 10.1. The number of benzene rings is 2. The summed E-state index contributed by atoms with van der Waals surface area (Å²) in [7, 11) is 1.89. The molecule has 1 aromatic heterocycles. The maximum atomic E-state index is 12.5. The fraction of sp³-hybridized carbons (Fsp3) is 0.211. The number of phenols is 1. The van der Waals surface area contributed by atoms with Gasteiger partial charge in [-0.15, -0.1) is 11.8 Å². The molecule has 0 radical (unpaired) electrons. The molecule has 6 heteroatoms. The Morgan fingerprint density at radius 3 is 2.68 bits per heavy atom. The molecule has 0 atom stereocenters. The third-order valence-corrected chi connectivity index (χ3v) is 5.31. The first-order chi connectivity index (χ1) is 12.0. The normalized spacial score (nSPS) is 11.0. The second-order valence-corrected chi connectivity index (χ2v) is 6.98. The monoisotopic (exact) mass is 375 g/mol. The number of esters is 1. The van der Waals surface area contributed by atoms with E-state index in [1.54, 1.807) is 24.8 Å². The summed E-state index contributed by atoms with van der Waals surface area (Å²) in [6.07, 6.45) is 0. The molecule has 0 unspecified atom stereocenters. The van der Waals surface area contributed by atoms with Gasteiger partial charge in [0, 0.05) is 28.8 Å². The molecule has 0 saturated heterocycles. The van der Waals surface area contributed by atoms with Gasteiger partial charge in [-0.25, -0.2) is 4.79 Å². The van der Waals surface area contributed by atoms with Crippen molar-refractivity contribution in [1.82, 2.24) is 4.57 Å². The first-order valence-electron chi connectivity index (χ1n) is 7.87. The maximum absolute atomic E-state index is 12.5. The largest absolute Gasteiger partial charge is 0.506 e. The predicted octanol–water partition coefficient (Wildman–Crippen LogP) is 5.01. The molecule has 25 heavy (non-hydrogen) atoms. The van der Waals surface area contributed by atoms with Crippen molar-refractivity contribution in [2.45, 2.75) is 17.6 Å². The Morgan fingerprint density at radius 2 is 2.00 bits per heavy atom. The van der Waals surface area contributed by atoms with Gasteiger partial charge in [0.15, 0.2) is 0 Å². The van der Waals surface area contributed by atoms with Crippen LogP contribution in [0.4, 0.5) is 0 Å². The zero-order valence-corrected chi connectivity index (χ0v) is 15.5. The number of ether oxygens (including phenoxy) is 1. The van der Waals surface area contributed by atoms with Crippen LogP contribution < -0.4 is 0 Å². The molecule has 0 amide bonds. The molecule has 1 heterocycles. The van der Waals surface area contributed by atoms with Crippen LogP contribution >= 0.6 is 23.4 Å². The Balaban J connectivity index is 2.10. The topological polar surface area (TPSA) is 51.5 Å². The number of nitrogens with zero attached hydrogens (tertiary/aromatic N) is 1. The lowest BCUT2D eigenvalue weighted by Gasteiger charge is -2.08. The van der Waals surface area contributed by atoms with E-state index >= 15 is 0 Å². The highest BCUT2D eigenvalue weighted by molar-refractivity contribution is 7.98. The zero-order valence-electron chi connectivity index (χ0n) is 14.0. The quantitative estimate of drug-likeness (QED) is 0.503. The molecule has 0 spiro atoms. The van der Waals surface area contributed by atoms with E-state index in [2.05, 4.69) is 0 Å². The number of phenolic OH excluding ortho intramolecular Hbond substituents is 1. The number of aromatic hydroxyl groups is 1. The van der Waals surface area contributed by atoms with Crippen LogP contribution in [0.25, 0.3) is 10.9 Å². The minimum absolute atomic E-state index is 0.0485. The van der Waals surface area contributed by atoms with Crippen molar-refractivity contribution >= 4 is 40.2 Å². The minimum atomic E-state index is -0.390. The van der Waals surface area contributed by atoms with Crippen molar-refractivity contribution in [3.05, 3.63) is 58.7 Å². The molecule has 0 aliphatic carbocycles. The molecule has 1 N–H and O–H groups in total. The summed E-state index contributed by atoms with van der Waals surface area (Å²) >= 11 is 7.69. The summed E-state index contributed by atoms with van der Waals surface area (Å²) in [5.41, 5.74) is 2.10. The molecule has 0 saturated carbocycles. The summed E-state index contributed by atoms with van der Waals surface area (Å²) in [5, 5.41) is 10.9. The summed E-state index contributed by atoms with van der Waals surface area (Å²) in [4.78, 5) is 13.7. The van der Waals surface area contributed by atoms with Crippen LogP contribution in [0.2, 0.25) is 5.02 Å². The number of rotatable bonds is 5. The number of carbonyl (C=O) groups is 1. The number of hydrogen-bond acceptors (Lipinski definition) is 4. The van der Waals surface area contributed by atoms with E-state index in [0.29, 0.717) is 23.3 Å². The van der Waals surface area contributed by atoms with Crippen molar-refractivity contribution < 1.29 is 14.6 Å². The fourth-order valence-electron chi connectivity index (χ4n) is 2.77. The number of thioether (sulfide) groups is 1. The van der Waals surface area contributed by atoms with Gasteiger partial charge in [-0.3, -0.25) is 0 Å². The van der Waals surface area contributed by atoms with Crippen molar-refractivity contribution in [2.75, 3.05) is 6.61 Å². The van der Waals surface area contributed by atoms with E-state index in [1.807, 2.05) is 41.9 Å². The highest BCUT2D eigenvalue weighted by atomic mass is 35.5. The molecule has 3 aromatic rings. The second-order valence-electron chi connectivity index (χ2n) is 5.52. The van der Waals surface area contributed by atoms with E-state index < -0.39 is 5.97 Å². The number of aryl methyl sites for hydroxylation is 1. The highest BCUT2D eigenvalue weighted by Gasteiger charge is 2.23. The smallest absolute Gasteiger partial charge is 0.340 e. The van der Waals surface area contributed by atoms with Gasteiger partial charge < -0.3 is 14.4 Å². The number of fused-ring (bicyclic) bond motifs is 1. The van der Waals surface area contributed by atoms with E-state index in [-0.39, 0.29) is 10.8 Å². The molecule has 130 valence electrons. The molecule has 0 aliphatic heterocycles. The summed E-state index contributed by atoms with van der Waals surface area (Å²) < 4.78 is 7.17. The van der Waals surface area contributed by atoms with Gasteiger partial charge in [-0.2, -0.15) is 0 Å². The van der Waals surface area contributed by atoms with Crippen LogP contribution in [-0.4, -0.2) is 22.2 Å². The van der Waals surface area contributed by atoms with Crippen LogP contribution in [0.1, 0.15) is 23.0 Å². The first-order valence-corrected chi connectivity index (χ1v) is 9.24. The van der Waals surface area contributed by atoms with Gasteiger partial charge in [0.25, 0.3) is 0 Å². The number of carbonyl (C=O) groups excluding carboxylic acids is 1. The Morgan fingerprint density at radius 1 is 1.28 bits per heavy atom. The van der Waals surface area contributed by atoms with Gasteiger partial charge in [0.1, 0.15) is 5.75 Å². The van der Waals surface area contributed by atoms with Gasteiger partial charge in [0.05, 0.1) is 22.7 Å². The Bertz CT molecular complexity index is 922. The summed E-state index contributed by atoms with van der Waals surface area (Å²) in [6, 6.07) is 13.2. The predicted molar refractivity (Wildman–Crippen MR) is 102 cm³/mol. The SMILES string of the molecule is CCOC(=O)c1c(CSc2ccccc2)n(C)c2cc(Cl)c(O)cc12. The Kier molecular flexibility index (Phi) is 5.25. The molecule has 4 nitrogen and oxygen atoms in total. The van der Waals surface area contributed by atoms with E-state index in [1.165, 1.54) is 6.07 Å². The Labute approximate surface area is 155 Å². The van der Waals surface area contributed by atoms with E-state index in [0.717, 1.165) is 16.1 Å². The van der Waals surface area contributed by atoms with Crippen LogP contribution in [0.5, 0.6) is 5.75 Å². The van der Waals surface area contributed by atoms with Crippen molar-refractivity contribution in [1.29, 1.82) is 0 Å². The third-order valence-electron chi connectivity index (χ3n) is 3.99. The molecule has 3 rings (SSSR count). The minimum Gasteiger partial charge on any atom is -0.506 e. The molecule has 0 fully saturated rings. The second kappa shape index (κ2) is 7.42. The fourth-order valence-corrected chi connectivity index (χ4v) is 3.91. The standard InChI is InChI=1S/C19H18ClNO3S/c1-3-24-19(23)18-13-9-17(22)14(20)10-15(13)21(2)16(18)11-25-12-7-5-4-6-8-12/h4-10,22H,3,11H2,1-2H3. The highest BCUT2D eigenvalue weighted by Crippen LogP contribution is 2.36. The van der Waals surface area contributed by atoms with E-state index in [9.17, 15) is 9.90 Å². The number of hydrogen-bond donors (Lipinski definition) is 1. The van der Waals surface area contributed by atoms with Crippen LogP contribution in [-0.2, 0) is 17.5 Å². The molecule has 0 aliphatic rings. The van der Waals surface area contributed by atoms with Gasteiger partial charge in [-0.05, 0) is 31.2 Å². The van der Waals surface area contributed by atoms with Crippen LogP contribution in [0, 0.1) is 0 Å². The van der Waals surface area contributed by atoms with Crippen molar-refractivity contribution in [2.24, 2.45) is 7.05 Å². The Hall–Kier alpha value is -2.11. The molecular formula is C19H18ClNO3S. The van der Waals surface area contributed by atoms with Crippen molar-refractivity contribution in [3.8, 4) is 5.75 Å². The summed E-state index contributed by atoms with van der Waals surface area (Å²) in [6.45, 7) is 2.07. The van der Waals surface area contributed by atoms with Crippen molar-refractivity contribution in [3.63, 3.8) is 0 Å². The van der Waals surface area contributed by atoms with Crippen LogP contribution in [0.15, 0.2) is 47.4 Å². The van der Waals surface area contributed by atoms with Gasteiger partial charge >= 0.3 is 5.97 Å². The molecule has 0 bridgehead atoms. The lowest BCUT2D eigenvalue weighted by Crippen LogP contribution is -2.08. The lowest BCUT2D eigenvalue weighted by molar-refractivity contribution is 0.0527. The first kappa shape index (κ1) is 17.7. The van der Waals surface area contributed by atoms with Gasteiger partial charge in [0.2, 0.25) is 0 Å². The van der Waals surface area contributed by atoms with Gasteiger partial charge in [-0.1, -0.05) is 29.8 Å². The number of halogens is 1. The third kappa shape index (κ3) is 3.48. The number of aromatic nitrogens is 1. The summed E-state index contributed by atoms with van der Waals surface area (Å²) in [5.74, 6) is 0.160. The van der Waals surface area contributed by atoms with E-state index in [4.69, 9.17) is 16.3 Å². The zero-order chi connectivity index (χ0) is 18.0. The maximum Gasteiger partial charge on any atom is 0.340 e. The average Bonchev–Trinajstić information content (AvgIpc) is 2.86. The average molecular weight is 376 g/mol.